The minimum Gasteiger partial charge on any atom is -0.446 e. The topological polar surface area (TPSA) is 49.8 Å². The molecular weight excluding hydrogens is 350 g/mol. The number of carbonyl (C=O) groups is 1. The average Bonchev–Trinajstić information content (AvgIpc) is 2.68. The zero-order valence-corrected chi connectivity index (χ0v) is 15.8. The molecule has 0 saturated carbocycles. The molecule has 0 spiro atoms. The van der Waals surface area contributed by atoms with Gasteiger partial charge in [-0.05, 0) is 37.5 Å². The van der Waals surface area contributed by atoms with Crippen molar-refractivity contribution >= 4 is 17.7 Å². The van der Waals surface area contributed by atoms with Crippen molar-refractivity contribution in [3.8, 4) is 0 Å². The second-order valence-electron chi connectivity index (χ2n) is 6.24. The first-order chi connectivity index (χ1) is 12.6. The van der Waals surface area contributed by atoms with Gasteiger partial charge in [-0.25, -0.2) is 4.79 Å². The lowest BCUT2D eigenvalue weighted by Crippen LogP contribution is -2.43. The van der Waals surface area contributed by atoms with Crippen molar-refractivity contribution in [1.29, 1.82) is 0 Å². The Labute approximate surface area is 160 Å². The summed E-state index contributed by atoms with van der Waals surface area (Å²) in [5, 5.41) is 9.50. The number of benzene rings is 2. The summed E-state index contributed by atoms with van der Waals surface area (Å²) in [4.78, 5) is 13.8. The maximum Gasteiger partial charge on any atom is 0.410 e. The zero-order chi connectivity index (χ0) is 18.8. The van der Waals surface area contributed by atoms with E-state index in [1.54, 1.807) is 4.90 Å². The van der Waals surface area contributed by atoms with Gasteiger partial charge in [0.25, 0.3) is 0 Å². The number of aliphatic hydroxyl groups is 1. The van der Waals surface area contributed by atoms with Crippen LogP contribution < -0.4 is 0 Å². The van der Waals surface area contributed by atoms with Crippen LogP contribution in [0.4, 0.5) is 4.79 Å². The van der Waals surface area contributed by atoms with Gasteiger partial charge in [-0.15, -0.1) is 0 Å². The zero-order valence-electron chi connectivity index (χ0n) is 15.1. The van der Waals surface area contributed by atoms with Gasteiger partial charge in [0, 0.05) is 24.6 Å². The number of carbonyl (C=O) groups excluding carboxylic acids is 1. The number of hydrogen-bond donors (Lipinski definition) is 1. The predicted octanol–water partition coefficient (Wildman–Crippen LogP) is 5.07. The first-order valence-corrected chi connectivity index (χ1v) is 9.33. The van der Waals surface area contributed by atoms with Crippen molar-refractivity contribution in [2.45, 2.75) is 38.3 Å². The number of nitrogens with zero attached hydrogens (tertiary/aromatic N) is 1. The fourth-order valence-electron chi connectivity index (χ4n) is 2.82. The van der Waals surface area contributed by atoms with Gasteiger partial charge in [0.05, 0.1) is 6.04 Å². The van der Waals surface area contributed by atoms with Gasteiger partial charge in [-0.1, -0.05) is 60.1 Å². The van der Waals surface area contributed by atoms with Crippen LogP contribution in [0, 0.1) is 0 Å². The molecule has 1 heterocycles. The van der Waals surface area contributed by atoms with Crippen LogP contribution >= 0.6 is 11.6 Å². The highest BCUT2D eigenvalue weighted by Gasteiger charge is 2.30. The van der Waals surface area contributed by atoms with E-state index in [1.165, 1.54) is 0 Å². The summed E-state index contributed by atoms with van der Waals surface area (Å²) in [6.07, 6.45) is 1.87. The molecule has 1 N–H and O–H groups in total. The third-order valence-corrected chi connectivity index (χ3v) is 4.62. The first-order valence-electron chi connectivity index (χ1n) is 8.95. The Morgan fingerprint density at radius 2 is 1.73 bits per heavy atom. The average molecular weight is 376 g/mol. The normalized spacial score (nSPS) is 17.7. The Morgan fingerprint density at radius 1 is 1.15 bits per heavy atom. The summed E-state index contributed by atoms with van der Waals surface area (Å²) in [6, 6.07) is 19.5. The highest BCUT2D eigenvalue weighted by atomic mass is 35.5. The number of amides is 1. The molecule has 2 aromatic carbocycles. The molecule has 0 aliphatic carbocycles. The van der Waals surface area contributed by atoms with Crippen LogP contribution in [0.25, 0.3) is 0 Å². The standard InChI is InChI=1S/C15H20ClNO3.C6H6/c1-11(12-4-6-13(16)7-5-12)17-9-8-14(3-2-10-18)20-15(17)19;1-2-4-6-5-3-1/h4-7,11,14,18H,2-3,8-10H2,1H3;1-6H. The summed E-state index contributed by atoms with van der Waals surface area (Å²) in [5.41, 5.74) is 1.04. The quantitative estimate of drug-likeness (QED) is 0.793. The molecule has 2 unspecified atom stereocenters. The van der Waals surface area contributed by atoms with Crippen molar-refractivity contribution in [3.05, 3.63) is 71.2 Å². The molecular formula is C21H26ClNO3. The van der Waals surface area contributed by atoms with Crippen LogP contribution in [0.1, 0.15) is 37.8 Å². The van der Waals surface area contributed by atoms with Gasteiger partial charge in [0.2, 0.25) is 0 Å². The fourth-order valence-corrected chi connectivity index (χ4v) is 2.95. The molecule has 0 aromatic heterocycles. The smallest absolute Gasteiger partial charge is 0.410 e. The fraction of sp³-hybridized carbons (Fsp3) is 0.381. The van der Waals surface area contributed by atoms with Gasteiger partial charge < -0.3 is 14.7 Å². The number of cyclic esters (lactones) is 1. The van der Waals surface area contributed by atoms with Crippen molar-refractivity contribution in [2.24, 2.45) is 0 Å². The van der Waals surface area contributed by atoms with Crippen molar-refractivity contribution in [2.75, 3.05) is 13.2 Å². The van der Waals surface area contributed by atoms with Crippen molar-refractivity contribution in [3.63, 3.8) is 0 Å². The molecule has 2 atom stereocenters. The van der Waals surface area contributed by atoms with Crippen molar-refractivity contribution < 1.29 is 14.6 Å². The van der Waals surface area contributed by atoms with E-state index in [0.29, 0.717) is 18.0 Å². The number of aliphatic hydroxyl groups excluding tert-OH is 1. The first kappa shape index (κ1) is 20.3. The number of ether oxygens (including phenoxy) is 1. The Morgan fingerprint density at radius 3 is 2.23 bits per heavy atom. The Bertz CT molecular complexity index is 621. The van der Waals surface area contributed by atoms with E-state index in [1.807, 2.05) is 67.6 Å². The summed E-state index contributed by atoms with van der Waals surface area (Å²) in [6.45, 7) is 2.80. The van der Waals surface area contributed by atoms with E-state index >= 15 is 0 Å². The summed E-state index contributed by atoms with van der Waals surface area (Å²) in [7, 11) is 0. The molecule has 140 valence electrons. The molecule has 2 aromatic rings. The molecule has 3 rings (SSSR count). The second-order valence-corrected chi connectivity index (χ2v) is 6.67. The minimum atomic E-state index is -0.276. The second kappa shape index (κ2) is 10.8. The molecule has 0 radical (unpaired) electrons. The molecule has 1 aliphatic rings. The molecule has 26 heavy (non-hydrogen) atoms. The van der Waals surface area contributed by atoms with Crippen molar-refractivity contribution in [1.82, 2.24) is 4.90 Å². The van der Waals surface area contributed by atoms with Gasteiger partial charge >= 0.3 is 6.09 Å². The highest BCUT2D eigenvalue weighted by Crippen LogP contribution is 2.27. The summed E-state index contributed by atoms with van der Waals surface area (Å²) in [5.74, 6) is 0. The largest absolute Gasteiger partial charge is 0.446 e. The van der Waals surface area contributed by atoms with Crippen LogP contribution in [0.3, 0.4) is 0 Å². The lowest BCUT2D eigenvalue weighted by atomic mass is 10.0. The Balaban J connectivity index is 0.000000342. The van der Waals surface area contributed by atoms with Crippen LogP contribution in [0.5, 0.6) is 0 Å². The number of rotatable bonds is 5. The van der Waals surface area contributed by atoms with E-state index in [-0.39, 0.29) is 24.8 Å². The van der Waals surface area contributed by atoms with Gasteiger partial charge in [0.15, 0.2) is 0 Å². The van der Waals surface area contributed by atoms with E-state index in [0.717, 1.165) is 18.4 Å². The third kappa shape index (κ3) is 6.36. The van der Waals surface area contributed by atoms with Crippen LogP contribution in [0.2, 0.25) is 5.02 Å². The van der Waals surface area contributed by atoms with Crippen LogP contribution in [-0.4, -0.2) is 35.4 Å². The van der Waals surface area contributed by atoms with Crippen LogP contribution in [-0.2, 0) is 4.74 Å². The van der Waals surface area contributed by atoms with E-state index in [2.05, 4.69) is 0 Å². The predicted molar refractivity (Wildman–Crippen MR) is 104 cm³/mol. The molecule has 1 aliphatic heterocycles. The molecule has 1 fully saturated rings. The lowest BCUT2D eigenvalue weighted by Gasteiger charge is -2.35. The molecule has 4 nitrogen and oxygen atoms in total. The maximum absolute atomic E-state index is 12.1. The Kier molecular flexibility index (Phi) is 8.45. The summed E-state index contributed by atoms with van der Waals surface area (Å²) >= 11 is 5.87. The SMILES string of the molecule is CC(c1ccc(Cl)cc1)N1CCC(CCCO)OC1=O.c1ccccc1. The van der Waals surface area contributed by atoms with Gasteiger partial charge in [0.1, 0.15) is 6.10 Å². The molecule has 1 saturated heterocycles. The minimum absolute atomic E-state index is 0.0291. The maximum atomic E-state index is 12.1. The van der Waals surface area contributed by atoms with Gasteiger partial charge in [-0.3, -0.25) is 0 Å². The highest BCUT2D eigenvalue weighted by molar-refractivity contribution is 6.30. The number of halogens is 1. The van der Waals surface area contributed by atoms with E-state index in [4.69, 9.17) is 21.4 Å². The number of hydrogen-bond acceptors (Lipinski definition) is 3. The van der Waals surface area contributed by atoms with Crippen LogP contribution in [0.15, 0.2) is 60.7 Å². The van der Waals surface area contributed by atoms with Gasteiger partial charge in [-0.2, -0.15) is 0 Å². The molecule has 1 amide bonds. The molecule has 5 heteroatoms. The monoisotopic (exact) mass is 375 g/mol. The van der Waals surface area contributed by atoms with E-state index in [9.17, 15) is 4.79 Å². The summed E-state index contributed by atoms with van der Waals surface area (Å²) < 4.78 is 5.42. The third-order valence-electron chi connectivity index (χ3n) is 4.36. The van der Waals surface area contributed by atoms with E-state index < -0.39 is 0 Å². The lowest BCUT2D eigenvalue weighted by molar-refractivity contribution is 0.00760. The molecule has 0 bridgehead atoms. The Hall–Kier alpha value is -2.04.